The van der Waals surface area contributed by atoms with Crippen LogP contribution in [0.2, 0.25) is 0 Å². The lowest BCUT2D eigenvalue weighted by atomic mass is 9.99. The summed E-state index contributed by atoms with van der Waals surface area (Å²) in [5.74, 6) is 1.79. The Morgan fingerprint density at radius 3 is 2.77 bits per heavy atom. The van der Waals surface area contributed by atoms with E-state index in [1.54, 1.807) is 13.3 Å². The van der Waals surface area contributed by atoms with Crippen LogP contribution in [0.15, 0.2) is 40.9 Å². The van der Waals surface area contributed by atoms with Crippen molar-refractivity contribution in [2.24, 2.45) is 5.92 Å². The van der Waals surface area contributed by atoms with Crippen molar-refractivity contribution < 1.29 is 18.7 Å². The maximum Gasteiger partial charge on any atom is 0.226 e. The third-order valence-electron chi connectivity index (χ3n) is 6.56. The summed E-state index contributed by atoms with van der Waals surface area (Å²) in [6.45, 7) is 3.41. The van der Waals surface area contributed by atoms with Gasteiger partial charge >= 0.3 is 0 Å². The third-order valence-corrected chi connectivity index (χ3v) is 6.56. The average Bonchev–Trinajstić information content (AvgIpc) is 3.34. The molecule has 0 spiro atoms. The van der Waals surface area contributed by atoms with E-state index in [2.05, 4.69) is 20.2 Å². The van der Waals surface area contributed by atoms with Crippen molar-refractivity contribution in [1.29, 1.82) is 0 Å². The van der Waals surface area contributed by atoms with Crippen LogP contribution >= 0.6 is 0 Å². The monoisotopic (exact) mass is 478 g/mol. The number of rotatable bonds is 12. The summed E-state index contributed by atoms with van der Waals surface area (Å²) >= 11 is 0. The van der Waals surface area contributed by atoms with Gasteiger partial charge < -0.3 is 19.4 Å². The van der Waals surface area contributed by atoms with Crippen LogP contribution < -0.4 is 10.1 Å². The van der Waals surface area contributed by atoms with Gasteiger partial charge in [0.05, 0.1) is 30.3 Å². The molecule has 0 aliphatic carbocycles. The number of amides is 1. The molecular formula is C27H34N4O4. The third kappa shape index (κ3) is 6.06. The molecule has 186 valence electrons. The number of oxazole rings is 1. The highest BCUT2D eigenvalue weighted by molar-refractivity contribution is 5.85. The second kappa shape index (κ2) is 11.4. The number of likely N-dealkylation sites (tertiary alicyclic amines) is 1. The Morgan fingerprint density at radius 2 is 2.03 bits per heavy atom. The van der Waals surface area contributed by atoms with Crippen LogP contribution in [-0.2, 0) is 9.59 Å². The van der Waals surface area contributed by atoms with Gasteiger partial charge in [-0.05, 0) is 32.0 Å². The SMILES string of the molecule is CCC(=O)CCCCCC(NC(=O)C1CN(C)C1)c1ncc(-c2cc3ccccc3nc2OC)o1. The molecule has 3 aromatic rings. The molecule has 35 heavy (non-hydrogen) atoms. The predicted octanol–water partition coefficient (Wildman–Crippen LogP) is 4.55. The number of pyridine rings is 1. The lowest BCUT2D eigenvalue weighted by Gasteiger charge is -2.35. The number of hydrogen-bond donors (Lipinski definition) is 1. The molecule has 0 radical (unpaired) electrons. The fraction of sp³-hybridized carbons (Fsp3) is 0.481. The first-order valence-corrected chi connectivity index (χ1v) is 12.4. The van der Waals surface area contributed by atoms with Gasteiger partial charge in [-0.15, -0.1) is 0 Å². The van der Waals surface area contributed by atoms with Crippen molar-refractivity contribution in [2.75, 3.05) is 27.2 Å². The van der Waals surface area contributed by atoms with Gasteiger partial charge in [-0.1, -0.05) is 38.0 Å². The zero-order chi connectivity index (χ0) is 24.8. The normalized spacial score (nSPS) is 15.1. The van der Waals surface area contributed by atoms with Crippen molar-refractivity contribution in [3.63, 3.8) is 0 Å². The van der Waals surface area contributed by atoms with Crippen molar-refractivity contribution in [2.45, 2.75) is 51.5 Å². The fourth-order valence-corrected chi connectivity index (χ4v) is 4.44. The van der Waals surface area contributed by atoms with E-state index in [9.17, 15) is 9.59 Å². The Morgan fingerprint density at radius 1 is 1.23 bits per heavy atom. The smallest absolute Gasteiger partial charge is 0.226 e. The van der Waals surface area contributed by atoms with Crippen molar-refractivity contribution in [3.05, 3.63) is 42.4 Å². The molecule has 1 fully saturated rings. The number of benzene rings is 1. The van der Waals surface area contributed by atoms with Crippen LogP contribution in [0.5, 0.6) is 5.88 Å². The van der Waals surface area contributed by atoms with Gasteiger partial charge in [0, 0.05) is 31.3 Å². The standard InChI is InChI=1S/C27H34N4O4/c1-4-20(32)11-6-5-7-13-23(29-25(33)19-16-31(2)17-19)27-28-15-24(35-27)21-14-18-10-8-9-12-22(18)30-26(21)34-3/h8-10,12,14-15,19,23H,4-7,11,13,16-17H2,1-3H3,(H,29,33). The van der Waals surface area contributed by atoms with Gasteiger partial charge in [0.2, 0.25) is 17.7 Å². The van der Waals surface area contributed by atoms with E-state index in [0.717, 1.165) is 43.3 Å². The molecule has 1 aliphatic heterocycles. The summed E-state index contributed by atoms with van der Waals surface area (Å²) in [7, 11) is 3.59. The molecule has 4 rings (SSSR count). The quantitative estimate of drug-likeness (QED) is 0.382. The molecule has 3 heterocycles. The first-order valence-electron chi connectivity index (χ1n) is 12.4. The van der Waals surface area contributed by atoms with E-state index in [4.69, 9.17) is 9.15 Å². The number of para-hydroxylation sites is 1. The highest BCUT2D eigenvalue weighted by Gasteiger charge is 2.32. The number of carbonyl (C=O) groups excluding carboxylic acids is 2. The number of Topliss-reactive ketones (excluding diaryl/α,β-unsaturated/α-hetero) is 1. The molecule has 8 nitrogen and oxygen atoms in total. The van der Waals surface area contributed by atoms with E-state index >= 15 is 0 Å². The first kappa shape index (κ1) is 24.9. The molecule has 8 heteroatoms. The number of carbonyl (C=O) groups is 2. The largest absolute Gasteiger partial charge is 0.480 e. The van der Waals surface area contributed by atoms with Crippen LogP contribution in [0, 0.1) is 5.92 Å². The van der Waals surface area contributed by atoms with Crippen molar-refractivity contribution >= 4 is 22.6 Å². The Bertz CT molecular complexity index is 1170. The maximum absolute atomic E-state index is 12.8. The van der Waals surface area contributed by atoms with E-state index in [-0.39, 0.29) is 17.9 Å². The maximum atomic E-state index is 12.8. The van der Waals surface area contributed by atoms with Crippen LogP contribution in [0.25, 0.3) is 22.2 Å². The van der Waals surface area contributed by atoms with E-state index < -0.39 is 0 Å². The second-order valence-electron chi connectivity index (χ2n) is 9.27. The number of aromatic nitrogens is 2. The second-order valence-corrected chi connectivity index (χ2v) is 9.27. The summed E-state index contributed by atoms with van der Waals surface area (Å²) in [5, 5.41) is 4.13. The zero-order valence-electron chi connectivity index (χ0n) is 20.8. The molecule has 1 atom stereocenters. The van der Waals surface area contributed by atoms with E-state index in [0.29, 0.717) is 48.1 Å². The summed E-state index contributed by atoms with van der Waals surface area (Å²) in [5.41, 5.74) is 1.55. The van der Waals surface area contributed by atoms with Gasteiger partial charge in [-0.2, -0.15) is 0 Å². The molecule has 0 saturated carbocycles. The predicted molar refractivity (Wildman–Crippen MR) is 134 cm³/mol. The Hall–Kier alpha value is -3.26. The molecule has 1 N–H and O–H groups in total. The van der Waals surface area contributed by atoms with Gasteiger partial charge in [0.1, 0.15) is 11.8 Å². The molecule has 1 saturated heterocycles. The van der Waals surface area contributed by atoms with E-state index in [1.807, 2.05) is 44.3 Å². The number of ketones is 1. The summed E-state index contributed by atoms with van der Waals surface area (Å²) < 4.78 is 11.7. The number of fused-ring (bicyclic) bond motifs is 1. The summed E-state index contributed by atoms with van der Waals surface area (Å²) in [6.07, 6.45) is 6.20. The molecular weight excluding hydrogens is 444 g/mol. The number of ether oxygens (including phenoxy) is 1. The average molecular weight is 479 g/mol. The Kier molecular flexibility index (Phi) is 8.13. The first-order chi connectivity index (χ1) is 17.0. The summed E-state index contributed by atoms with van der Waals surface area (Å²) in [6, 6.07) is 9.47. The van der Waals surface area contributed by atoms with Crippen LogP contribution in [0.3, 0.4) is 0 Å². The van der Waals surface area contributed by atoms with Crippen LogP contribution in [-0.4, -0.2) is 53.8 Å². The van der Waals surface area contributed by atoms with Gasteiger partial charge in [0.25, 0.3) is 0 Å². The molecule has 1 aliphatic rings. The molecule has 0 bridgehead atoms. The highest BCUT2D eigenvalue weighted by Crippen LogP contribution is 2.33. The minimum atomic E-state index is -0.330. The van der Waals surface area contributed by atoms with Crippen LogP contribution in [0.4, 0.5) is 0 Å². The number of hydrogen-bond acceptors (Lipinski definition) is 7. The van der Waals surface area contributed by atoms with Crippen LogP contribution in [0.1, 0.15) is 57.4 Å². The van der Waals surface area contributed by atoms with Crippen molar-refractivity contribution in [1.82, 2.24) is 20.2 Å². The Labute approximate surface area is 206 Å². The minimum absolute atomic E-state index is 0.0103. The number of unbranched alkanes of at least 4 members (excludes halogenated alkanes) is 2. The topological polar surface area (TPSA) is 97.6 Å². The van der Waals surface area contributed by atoms with Gasteiger partial charge in [-0.25, -0.2) is 9.97 Å². The lowest BCUT2D eigenvalue weighted by Crippen LogP contribution is -2.52. The Balaban J connectivity index is 1.51. The zero-order valence-corrected chi connectivity index (χ0v) is 20.8. The number of methoxy groups -OCH3 is 1. The van der Waals surface area contributed by atoms with E-state index in [1.165, 1.54) is 0 Å². The summed E-state index contributed by atoms with van der Waals surface area (Å²) in [4.78, 5) is 35.6. The molecule has 1 amide bonds. The van der Waals surface area contributed by atoms with Gasteiger partial charge in [-0.3, -0.25) is 9.59 Å². The molecule has 1 unspecified atom stereocenters. The van der Waals surface area contributed by atoms with Crippen molar-refractivity contribution in [3.8, 4) is 17.2 Å². The highest BCUT2D eigenvalue weighted by atomic mass is 16.5. The number of nitrogens with one attached hydrogen (secondary N) is 1. The fourth-order valence-electron chi connectivity index (χ4n) is 4.44. The molecule has 1 aromatic carbocycles. The minimum Gasteiger partial charge on any atom is -0.480 e. The molecule has 2 aromatic heterocycles. The number of nitrogens with zero attached hydrogens (tertiary/aromatic N) is 3. The lowest BCUT2D eigenvalue weighted by molar-refractivity contribution is -0.130. The van der Waals surface area contributed by atoms with Gasteiger partial charge in [0.15, 0.2) is 5.76 Å².